The molecule has 0 N–H and O–H groups in total. The van der Waals surface area contributed by atoms with Gasteiger partial charge in [0.25, 0.3) is 0 Å². The molecule has 3 heteroatoms. The lowest BCUT2D eigenvalue weighted by Crippen LogP contribution is -2.01. The molecule has 0 radical (unpaired) electrons. The number of rotatable bonds is 4. The number of nitrogens with zero attached hydrogens (tertiary/aromatic N) is 1. The third-order valence-corrected chi connectivity index (χ3v) is 5.91. The van der Waals surface area contributed by atoms with Gasteiger partial charge in [-0.25, -0.2) is 4.39 Å². The van der Waals surface area contributed by atoms with Gasteiger partial charge in [-0.3, -0.25) is 4.98 Å². The molecule has 0 amide bonds. The average Bonchev–Trinajstić information content (AvgIpc) is 3.11. The van der Waals surface area contributed by atoms with Gasteiger partial charge in [0.2, 0.25) is 0 Å². The summed E-state index contributed by atoms with van der Waals surface area (Å²) in [5.41, 5.74) is 5.51. The summed E-state index contributed by atoms with van der Waals surface area (Å²) in [6, 6.07) is 19.6. The van der Waals surface area contributed by atoms with E-state index in [1.807, 2.05) is 30.3 Å². The molecule has 2 aromatic heterocycles. The third-order valence-electron chi connectivity index (χ3n) is 5.91. The van der Waals surface area contributed by atoms with Gasteiger partial charge < -0.3 is 4.42 Å². The molecular formula is C28H26FNO. The second-order valence-corrected chi connectivity index (χ2v) is 9.09. The van der Waals surface area contributed by atoms with Crippen molar-refractivity contribution in [2.75, 3.05) is 0 Å². The molecule has 0 atom stereocenters. The zero-order chi connectivity index (χ0) is 21.7. The highest BCUT2D eigenvalue weighted by molar-refractivity contribution is 6.12. The molecule has 31 heavy (non-hydrogen) atoms. The molecule has 5 rings (SSSR count). The van der Waals surface area contributed by atoms with Crippen LogP contribution >= 0.6 is 0 Å². The minimum absolute atomic E-state index is 0.216. The first-order valence-electron chi connectivity index (χ1n) is 11.0. The smallest absolute Gasteiger partial charge is 0.144 e. The quantitative estimate of drug-likeness (QED) is 0.297. The van der Waals surface area contributed by atoms with Gasteiger partial charge >= 0.3 is 0 Å². The molecule has 0 saturated carbocycles. The Morgan fingerprint density at radius 2 is 1.61 bits per heavy atom. The van der Waals surface area contributed by atoms with Crippen LogP contribution in [0.4, 0.5) is 4.39 Å². The number of para-hydroxylation sites is 1. The number of hydrogen-bond acceptors (Lipinski definition) is 2. The summed E-state index contributed by atoms with van der Waals surface area (Å²) >= 11 is 0. The first-order chi connectivity index (χ1) is 14.9. The standard InChI is InChI=1S/C28H26FNO/c1-16(2)12-19-15-22-21(9-7-10-25(22)29)27(30-19)24-14-18(17(3)4)13-23-20-8-5-6-11-26(20)31-28(23)24/h5-11,13-17H,12H2,1-4H3. The summed E-state index contributed by atoms with van der Waals surface area (Å²) in [6.07, 6.45) is 0.796. The predicted octanol–water partition coefficient (Wildman–Crippen LogP) is 8.26. The Morgan fingerprint density at radius 1 is 0.839 bits per heavy atom. The van der Waals surface area contributed by atoms with E-state index in [0.717, 1.165) is 50.7 Å². The van der Waals surface area contributed by atoms with Crippen LogP contribution in [0.2, 0.25) is 0 Å². The van der Waals surface area contributed by atoms with Crippen molar-refractivity contribution in [3.8, 4) is 11.3 Å². The fourth-order valence-electron chi connectivity index (χ4n) is 4.38. The van der Waals surface area contributed by atoms with E-state index in [4.69, 9.17) is 9.40 Å². The Morgan fingerprint density at radius 3 is 2.39 bits per heavy atom. The lowest BCUT2D eigenvalue weighted by atomic mass is 9.93. The van der Waals surface area contributed by atoms with E-state index >= 15 is 0 Å². The SMILES string of the molecule is CC(C)Cc1cc2c(F)cccc2c(-c2cc(C(C)C)cc3c2oc2ccccc23)n1. The molecule has 2 heterocycles. The molecule has 0 aliphatic rings. The second-order valence-electron chi connectivity index (χ2n) is 9.09. The van der Waals surface area contributed by atoms with Gasteiger partial charge in [0.1, 0.15) is 17.0 Å². The zero-order valence-electron chi connectivity index (χ0n) is 18.4. The van der Waals surface area contributed by atoms with Crippen LogP contribution in [0.25, 0.3) is 44.0 Å². The lowest BCUT2D eigenvalue weighted by molar-refractivity contribution is 0.631. The Hall–Kier alpha value is -3.20. The van der Waals surface area contributed by atoms with E-state index in [1.54, 1.807) is 6.07 Å². The minimum Gasteiger partial charge on any atom is -0.455 e. The fraction of sp³-hybridized carbons (Fsp3) is 0.250. The van der Waals surface area contributed by atoms with Crippen LogP contribution in [-0.4, -0.2) is 4.98 Å². The first-order valence-corrected chi connectivity index (χ1v) is 11.0. The molecule has 0 saturated heterocycles. The number of halogens is 1. The van der Waals surface area contributed by atoms with Gasteiger partial charge in [0.15, 0.2) is 0 Å². The molecule has 0 spiro atoms. The van der Waals surface area contributed by atoms with Crippen LogP contribution < -0.4 is 0 Å². The molecule has 0 aliphatic carbocycles. The fourth-order valence-corrected chi connectivity index (χ4v) is 4.38. The monoisotopic (exact) mass is 411 g/mol. The Labute approximate surface area is 181 Å². The normalized spacial score (nSPS) is 12.1. The molecule has 0 fully saturated rings. The minimum atomic E-state index is -0.216. The number of benzene rings is 3. The molecule has 5 aromatic rings. The molecule has 0 unspecified atom stereocenters. The number of pyridine rings is 1. The average molecular weight is 412 g/mol. The molecule has 2 nitrogen and oxygen atoms in total. The largest absolute Gasteiger partial charge is 0.455 e. The van der Waals surface area contributed by atoms with Crippen molar-refractivity contribution in [1.82, 2.24) is 4.98 Å². The van der Waals surface area contributed by atoms with E-state index < -0.39 is 0 Å². The van der Waals surface area contributed by atoms with Crippen molar-refractivity contribution in [3.63, 3.8) is 0 Å². The van der Waals surface area contributed by atoms with Crippen molar-refractivity contribution in [2.45, 2.75) is 40.0 Å². The van der Waals surface area contributed by atoms with Crippen molar-refractivity contribution in [3.05, 3.63) is 77.7 Å². The molecule has 0 bridgehead atoms. The van der Waals surface area contributed by atoms with E-state index in [2.05, 4.69) is 45.9 Å². The number of aromatic nitrogens is 1. The second kappa shape index (κ2) is 7.49. The Kier molecular flexibility index (Phi) is 4.77. The predicted molar refractivity (Wildman–Crippen MR) is 127 cm³/mol. The van der Waals surface area contributed by atoms with Crippen molar-refractivity contribution < 1.29 is 8.81 Å². The highest BCUT2D eigenvalue weighted by Crippen LogP contribution is 2.40. The van der Waals surface area contributed by atoms with Crippen LogP contribution in [0.15, 0.2) is 65.1 Å². The van der Waals surface area contributed by atoms with Gasteiger partial charge in [0.05, 0.1) is 5.69 Å². The maximum Gasteiger partial charge on any atom is 0.144 e. The topological polar surface area (TPSA) is 26.0 Å². The van der Waals surface area contributed by atoms with E-state index in [1.165, 1.54) is 11.6 Å². The van der Waals surface area contributed by atoms with Crippen molar-refractivity contribution in [1.29, 1.82) is 0 Å². The van der Waals surface area contributed by atoms with Crippen LogP contribution in [0.1, 0.15) is 44.9 Å². The van der Waals surface area contributed by atoms with Gasteiger partial charge in [-0.2, -0.15) is 0 Å². The van der Waals surface area contributed by atoms with Crippen molar-refractivity contribution >= 4 is 32.7 Å². The third kappa shape index (κ3) is 3.38. The zero-order valence-corrected chi connectivity index (χ0v) is 18.4. The summed E-state index contributed by atoms with van der Waals surface area (Å²) in [4.78, 5) is 5.05. The molecule has 156 valence electrons. The Balaban J connectivity index is 1.92. The highest BCUT2D eigenvalue weighted by atomic mass is 19.1. The van der Waals surface area contributed by atoms with Crippen LogP contribution in [0.5, 0.6) is 0 Å². The number of fused-ring (bicyclic) bond motifs is 4. The maximum absolute atomic E-state index is 14.8. The summed E-state index contributed by atoms with van der Waals surface area (Å²) in [5.74, 6) is 0.559. The van der Waals surface area contributed by atoms with E-state index in [9.17, 15) is 4.39 Å². The van der Waals surface area contributed by atoms with E-state index in [-0.39, 0.29) is 5.82 Å². The van der Waals surface area contributed by atoms with Crippen molar-refractivity contribution in [2.24, 2.45) is 5.92 Å². The van der Waals surface area contributed by atoms with Crippen LogP contribution in [-0.2, 0) is 6.42 Å². The summed E-state index contributed by atoms with van der Waals surface area (Å²) < 4.78 is 21.2. The van der Waals surface area contributed by atoms with Crippen LogP contribution in [0, 0.1) is 11.7 Å². The number of furan rings is 1. The van der Waals surface area contributed by atoms with Gasteiger partial charge in [-0.15, -0.1) is 0 Å². The van der Waals surface area contributed by atoms with Gasteiger partial charge in [-0.1, -0.05) is 58.0 Å². The maximum atomic E-state index is 14.8. The summed E-state index contributed by atoms with van der Waals surface area (Å²) in [7, 11) is 0. The van der Waals surface area contributed by atoms with Gasteiger partial charge in [0, 0.05) is 32.8 Å². The Bertz CT molecular complexity index is 1430. The van der Waals surface area contributed by atoms with E-state index in [0.29, 0.717) is 17.2 Å². The lowest BCUT2D eigenvalue weighted by Gasteiger charge is -2.14. The number of hydrogen-bond donors (Lipinski definition) is 0. The van der Waals surface area contributed by atoms with Crippen LogP contribution in [0.3, 0.4) is 0 Å². The summed E-state index contributed by atoms with van der Waals surface area (Å²) in [6.45, 7) is 8.69. The first kappa shape index (κ1) is 19.7. The molecule has 0 aliphatic heterocycles. The summed E-state index contributed by atoms with van der Waals surface area (Å²) in [5, 5.41) is 3.60. The molecular weight excluding hydrogens is 385 g/mol. The molecule has 3 aromatic carbocycles. The highest BCUT2D eigenvalue weighted by Gasteiger charge is 2.19. The van der Waals surface area contributed by atoms with Gasteiger partial charge in [-0.05, 0) is 54.2 Å².